The number of fused-ring (bicyclic) bond motifs is 1. The Hall–Kier alpha value is -1.55. The molecule has 0 unspecified atom stereocenters. The Balaban J connectivity index is 1.42. The van der Waals surface area contributed by atoms with Crippen LogP contribution in [-0.2, 0) is 16.0 Å². The van der Waals surface area contributed by atoms with Gasteiger partial charge in [-0.2, -0.15) is 0 Å². The third-order valence-electron chi connectivity index (χ3n) is 3.40. The predicted octanol–water partition coefficient (Wildman–Crippen LogP) is 1.56. The van der Waals surface area contributed by atoms with Gasteiger partial charge in [-0.25, -0.2) is 4.79 Å². The van der Waals surface area contributed by atoms with Crippen LogP contribution in [0.5, 0.6) is 0 Å². The highest BCUT2D eigenvalue weighted by Gasteiger charge is 2.57. The van der Waals surface area contributed by atoms with Crippen LogP contribution in [-0.4, -0.2) is 25.4 Å². The van der Waals surface area contributed by atoms with Crippen LogP contribution in [0.3, 0.4) is 0 Å². The topological polar surface area (TPSA) is 47.6 Å². The Morgan fingerprint density at radius 3 is 2.71 bits per heavy atom. The standard InChI is InChI=1S/C13H15NO3/c15-13(14-6-9-4-2-1-3-5-9)17-12-10-7-16-8-11(10)12/h1-5,10-12H,6-8H2,(H,14,15)/t10-,11-/m0/s1. The van der Waals surface area contributed by atoms with E-state index in [0.29, 0.717) is 18.4 Å². The van der Waals surface area contributed by atoms with Crippen LogP contribution >= 0.6 is 0 Å². The molecule has 1 saturated carbocycles. The van der Waals surface area contributed by atoms with Gasteiger partial charge in [0.15, 0.2) is 0 Å². The summed E-state index contributed by atoms with van der Waals surface area (Å²) in [7, 11) is 0. The van der Waals surface area contributed by atoms with Gasteiger partial charge in [0.25, 0.3) is 0 Å². The van der Waals surface area contributed by atoms with Gasteiger partial charge in [0.2, 0.25) is 0 Å². The number of hydrogen-bond donors (Lipinski definition) is 1. The fourth-order valence-corrected chi connectivity index (χ4v) is 2.30. The summed E-state index contributed by atoms with van der Waals surface area (Å²) in [6.45, 7) is 1.99. The van der Waals surface area contributed by atoms with Crippen LogP contribution in [0.15, 0.2) is 30.3 Å². The lowest BCUT2D eigenvalue weighted by molar-refractivity contribution is 0.0824. The summed E-state index contributed by atoms with van der Waals surface area (Å²) in [6.07, 6.45) is -0.243. The summed E-state index contributed by atoms with van der Waals surface area (Å²) in [5, 5.41) is 2.76. The molecule has 90 valence electrons. The molecule has 2 aliphatic rings. The zero-order valence-corrected chi connectivity index (χ0v) is 9.46. The molecule has 1 heterocycles. The fraction of sp³-hybridized carbons (Fsp3) is 0.462. The number of carbonyl (C=O) groups is 1. The summed E-state index contributed by atoms with van der Waals surface area (Å²) in [5.41, 5.74) is 1.07. The lowest BCUT2D eigenvalue weighted by Gasteiger charge is -2.08. The Kier molecular flexibility index (Phi) is 2.73. The van der Waals surface area contributed by atoms with Gasteiger partial charge in [-0.15, -0.1) is 0 Å². The van der Waals surface area contributed by atoms with Crippen molar-refractivity contribution >= 4 is 6.09 Å². The van der Waals surface area contributed by atoms with Crippen molar-refractivity contribution in [2.24, 2.45) is 11.8 Å². The zero-order chi connectivity index (χ0) is 11.7. The third-order valence-corrected chi connectivity index (χ3v) is 3.40. The molecule has 4 heteroatoms. The van der Waals surface area contributed by atoms with E-state index < -0.39 is 0 Å². The third kappa shape index (κ3) is 2.26. The number of benzene rings is 1. The highest BCUT2D eigenvalue weighted by molar-refractivity contribution is 5.67. The van der Waals surface area contributed by atoms with Crippen molar-refractivity contribution in [2.75, 3.05) is 13.2 Å². The number of nitrogens with one attached hydrogen (secondary N) is 1. The molecule has 1 aliphatic carbocycles. The first-order valence-corrected chi connectivity index (χ1v) is 5.91. The van der Waals surface area contributed by atoms with Crippen molar-refractivity contribution in [2.45, 2.75) is 12.6 Å². The van der Waals surface area contributed by atoms with Crippen molar-refractivity contribution in [3.05, 3.63) is 35.9 Å². The summed E-state index contributed by atoms with van der Waals surface area (Å²) >= 11 is 0. The molecule has 0 aromatic heterocycles. The number of alkyl carbamates (subject to hydrolysis) is 1. The molecule has 0 bridgehead atoms. The second kappa shape index (κ2) is 4.37. The Bertz CT molecular complexity index is 396. The van der Waals surface area contributed by atoms with Gasteiger partial charge in [-0.3, -0.25) is 0 Å². The fourth-order valence-electron chi connectivity index (χ4n) is 2.30. The number of hydrogen-bond acceptors (Lipinski definition) is 3. The lowest BCUT2D eigenvalue weighted by Crippen LogP contribution is -2.26. The van der Waals surface area contributed by atoms with Crippen LogP contribution in [0.4, 0.5) is 4.79 Å². The van der Waals surface area contributed by atoms with Crippen molar-refractivity contribution < 1.29 is 14.3 Å². The number of amides is 1. The van der Waals surface area contributed by atoms with Crippen molar-refractivity contribution in [3.8, 4) is 0 Å². The Morgan fingerprint density at radius 1 is 1.29 bits per heavy atom. The molecule has 1 aromatic carbocycles. The molecule has 2 fully saturated rings. The molecule has 3 rings (SSSR count). The molecule has 2 atom stereocenters. The van der Waals surface area contributed by atoms with E-state index in [1.54, 1.807) is 0 Å². The van der Waals surface area contributed by atoms with Crippen LogP contribution in [0.2, 0.25) is 0 Å². The maximum absolute atomic E-state index is 11.5. The molecule has 1 aliphatic heterocycles. The van der Waals surface area contributed by atoms with Gasteiger partial charge in [-0.1, -0.05) is 30.3 Å². The van der Waals surface area contributed by atoms with Gasteiger partial charge < -0.3 is 14.8 Å². The molecule has 1 aromatic rings. The molecule has 1 N–H and O–H groups in total. The highest BCUT2D eigenvalue weighted by Crippen LogP contribution is 2.46. The van der Waals surface area contributed by atoms with Crippen molar-refractivity contribution in [3.63, 3.8) is 0 Å². The van der Waals surface area contributed by atoms with Gasteiger partial charge in [0, 0.05) is 18.4 Å². The molecule has 0 spiro atoms. The summed E-state index contributed by atoms with van der Waals surface area (Å²) in [4.78, 5) is 11.5. The van der Waals surface area contributed by atoms with Gasteiger partial charge >= 0.3 is 6.09 Å². The maximum Gasteiger partial charge on any atom is 0.407 e. The Morgan fingerprint density at radius 2 is 2.00 bits per heavy atom. The first-order chi connectivity index (χ1) is 8.34. The van der Waals surface area contributed by atoms with E-state index in [1.807, 2.05) is 30.3 Å². The van der Waals surface area contributed by atoms with Crippen LogP contribution in [0.1, 0.15) is 5.56 Å². The van der Waals surface area contributed by atoms with E-state index in [9.17, 15) is 4.79 Å². The first-order valence-electron chi connectivity index (χ1n) is 5.91. The van der Waals surface area contributed by atoms with Crippen LogP contribution < -0.4 is 5.32 Å². The maximum atomic E-state index is 11.5. The minimum Gasteiger partial charge on any atom is -0.445 e. The normalized spacial score (nSPS) is 29.5. The van der Waals surface area contributed by atoms with Gasteiger partial charge in [0.1, 0.15) is 6.10 Å². The number of carbonyl (C=O) groups excluding carboxylic acids is 1. The van der Waals surface area contributed by atoms with E-state index in [-0.39, 0.29) is 12.2 Å². The van der Waals surface area contributed by atoms with E-state index in [2.05, 4.69) is 5.32 Å². The molecule has 4 nitrogen and oxygen atoms in total. The quantitative estimate of drug-likeness (QED) is 0.861. The zero-order valence-electron chi connectivity index (χ0n) is 9.46. The van der Waals surface area contributed by atoms with E-state index in [1.165, 1.54) is 0 Å². The van der Waals surface area contributed by atoms with Crippen LogP contribution in [0.25, 0.3) is 0 Å². The molecule has 1 saturated heterocycles. The highest BCUT2D eigenvalue weighted by atomic mass is 16.6. The van der Waals surface area contributed by atoms with Gasteiger partial charge in [0.05, 0.1) is 13.2 Å². The number of rotatable bonds is 3. The van der Waals surface area contributed by atoms with Crippen molar-refractivity contribution in [1.82, 2.24) is 5.32 Å². The average Bonchev–Trinajstić information content (AvgIpc) is 2.79. The molecular weight excluding hydrogens is 218 g/mol. The predicted molar refractivity (Wildman–Crippen MR) is 61.3 cm³/mol. The lowest BCUT2D eigenvalue weighted by atomic mass is 10.2. The molecule has 17 heavy (non-hydrogen) atoms. The smallest absolute Gasteiger partial charge is 0.407 e. The van der Waals surface area contributed by atoms with Gasteiger partial charge in [-0.05, 0) is 5.56 Å². The second-order valence-electron chi connectivity index (χ2n) is 4.57. The largest absolute Gasteiger partial charge is 0.445 e. The minimum absolute atomic E-state index is 0.0829. The second-order valence-corrected chi connectivity index (χ2v) is 4.57. The monoisotopic (exact) mass is 233 g/mol. The van der Waals surface area contributed by atoms with Crippen LogP contribution in [0, 0.1) is 11.8 Å². The average molecular weight is 233 g/mol. The molecular formula is C13H15NO3. The molecule has 1 amide bonds. The van der Waals surface area contributed by atoms with Crippen molar-refractivity contribution in [1.29, 1.82) is 0 Å². The number of ether oxygens (including phenoxy) is 2. The first kappa shape index (κ1) is 10.6. The summed E-state index contributed by atoms with van der Waals surface area (Å²) < 4.78 is 10.6. The molecule has 0 radical (unpaired) electrons. The Labute approximate surface area is 99.9 Å². The van der Waals surface area contributed by atoms with E-state index in [0.717, 1.165) is 18.8 Å². The van der Waals surface area contributed by atoms with E-state index >= 15 is 0 Å². The van der Waals surface area contributed by atoms with E-state index in [4.69, 9.17) is 9.47 Å². The summed E-state index contributed by atoms with van der Waals surface area (Å²) in [6, 6.07) is 9.79. The SMILES string of the molecule is O=C(NCc1ccccc1)OC1[C@H]2COC[C@H]12. The summed E-state index contributed by atoms with van der Waals surface area (Å²) in [5.74, 6) is 0.884. The minimum atomic E-state index is -0.326.